The first-order valence-electron chi connectivity index (χ1n) is 5.67. The van der Waals surface area contributed by atoms with E-state index in [1.807, 2.05) is 0 Å². The predicted octanol–water partition coefficient (Wildman–Crippen LogP) is 2.24. The van der Waals surface area contributed by atoms with E-state index in [9.17, 15) is 9.90 Å². The van der Waals surface area contributed by atoms with Crippen molar-refractivity contribution in [1.82, 2.24) is 5.32 Å². The van der Waals surface area contributed by atoms with Gasteiger partial charge in [-0.2, -0.15) is 0 Å². The van der Waals surface area contributed by atoms with Crippen molar-refractivity contribution in [2.75, 3.05) is 11.9 Å². The van der Waals surface area contributed by atoms with E-state index in [0.29, 0.717) is 24.7 Å². The van der Waals surface area contributed by atoms with Crippen LogP contribution in [0.4, 0.5) is 5.69 Å². The number of phenols is 1. The van der Waals surface area contributed by atoms with Gasteiger partial charge >= 0.3 is 0 Å². The van der Waals surface area contributed by atoms with E-state index in [-0.39, 0.29) is 11.7 Å². The number of halogens is 1. The number of hydrogen-bond donors (Lipinski definition) is 3. The average Bonchev–Trinajstić information content (AvgIpc) is 3.07. The van der Waals surface area contributed by atoms with Crippen LogP contribution in [-0.4, -0.2) is 23.6 Å². The molecular formula is C12H15BrN2O2. The van der Waals surface area contributed by atoms with E-state index >= 15 is 0 Å². The summed E-state index contributed by atoms with van der Waals surface area (Å²) in [5.41, 5.74) is 0.441. The number of benzene rings is 1. The molecule has 1 amide bonds. The van der Waals surface area contributed by atoms with Gasteiger partial charge in [-0.05, 0) is 31.0 Å². The van der Waals surface area contributed by atoms with Crippen molar-refractivity contribution in [3.63, 3.8) is 0 Å². The van der Waals surface area contributed by atoms with E-state index in [0.717, 1.165) is 4.47 Å². The average molecular weight is 299 g/mol. The highest BCUT2D eigenvalue weighted by Crippen LogP contribution is 2.26. The number of anilines is 1. The maximum atomic E-state index is 11.6. The zero-order valence-electron chi connectivity index (χ0n) is 9.37. The fraction of sp³-hybridized carbons (Fsp3) is 0.417. The molecule has 17 heavy (non-hydrogen) atoms. The molecule has 0 radical (unpaired) electrons. The van der Waals surface area contributed by atoms with Crippen molar-refractivity contribution in [3.8, 4) is 5.75 Å². The van der Waals surface area contributed by atoms with Crippen molar-refractivity contribution in [2.45, 2.75) is 25.3 Å². The zero-order valence-corrected chi connectivity index (χ0v) is 11.0. The predicted molar refractivity (Wildman–Crippen MR) is 70.1 cm³/mol. The largest absolute Gasteiger partial charge is 0.506 e. The fourth-order valence-corrected chi connectivity index (χ4v) is 1.86. The smallest absolute Gasteiger partial charge is 0.225 e. The molecule has 0 atom stereocenters. The fourth-order valence-electron chi connectivity index (χ4n) is 1.50. The highest BCUT2D eigenvalue weighted by atomic mass is 79.9. The first kappa shape index (κ1) is 12.4. The van der Waals surface area contributed by atoms with Gasteiger partial charge in [-0.1, -0.05) is 15.9 Å². The van der Waals surface area contributed by atoms with Crippen LogP contribution in [0, 0.1) is 0 Å². The van der Waals surface area contributed by atoms with Gasteiger partial charge in [0, 0.05) is 23.5 Å². The van der Waals surface area contributed by atoms with Gasteiger partial charge in [0.1, 0.15) is 5.75 Å². The number of amides is 1. The van der Waals surface area contributed by atoms with Crippen molar-refractivity contribution in [1.29, 1.82) is 0 Å². The van der Waals surface area contributed by atoms with Gasteiger partial charge in [-0.25, -0.2) is 0 Å². The number of nitrogens with one attached hydrogen (secondary N) is 2. The van der Waals surface area contributed by atoms with Gasteiger partial charge in [0.05, 0.1) is 5.69 Å². The Hall–Kier alpha value is -1.07. The minimum Gasteiger partial charge on any atom is -0.506 e. The first-order valence-corrected chi connectivity index (χ1v) is 6.46. The molecule has 2 rings (SSSR count). The topological polar surface area (TPSA) is 61.4 Å². The lowest BCUT2D eigenvalue weighted by Crippen LogP contribution is -2.23. The van der Waals surface area contributed by atoms with Gasteiger partial charge in [-0.15, -0.1) is 0 Å². The summed E-state index contributed by atoms with van der Waals surface area (Å²) >= 11 is 3.29. The molecule has 0 bridgehead atoms. The lowest BCUT2D eigenvalue weighted by molar-refractivity contribution is -0.116. The highest BCUT2D eigenvalue weighted by molar-refractivity contribution is 9.10. The second-order valence-electron chi connectivity index (χ2n) is 4.19. The molecule has 0 heterocycles. The Kier molecular flexibility index (Phi) is 4.02. The molecule has 3 N–H and O–H groups in total. The quantitative estimate of drug-likeness (QED) is 0.731. The Morgan fingerprint density at radius 3 is 2.94 bits per heavy atom. The minimum absolute atomic E-state index is 0.0803. The van der Waals surface area contributed by atoms with Crippen LogP contribution in [0.3, 0.4) is 0 Å². The van der Waals surface area contributed by atoms with Crippen molar-refractivity contribution in [3.05, 3.63) is 22.7 Å². The zero-order chi connectivity index (χ0) is 12.3. The van der Waals surface area contributed by atoms with E-state index in [1.54, 1.807) is 18.2 Å². The monoisotopic (exact) mass is 298 g/mol. The Labute approximate surface area is 109 Å². The number of carbonyl (C=O) groups is 1. The molecule has 0 saturated heterocycles. The number of rotatable bonds is 5. The molecule has 0 spiro atoms. The van der Waals surface area contributed by atoms with Gasteiger partial charge in [0.15, 0.2) is 0 Å². The van der Waals surface area contributed by atoms with Crippen LogP contribution >= 0.6 is 15.9 Å². The molecule has 1 aromatic carbocycles. The Morgan fingerprint density at radius 1 is 1.47 bits per heavy atom. The number of carbonyl (C=O) groups excluding carboxylic acids is 1. The molecule has 1 saturated carbocycles. The lowest BCUT2D eigenvalue weighted by atomic mass is 10.3. The summed E-state index contributed by atoms with van der Waals surface area (Å²) < 4.78 is 0.821. The van der Waals surface area contributed by atoms with Gasteiger partial charge in [0.2, 0.25) is 5.91 Å². The van der Waals surface area contributed by atoms with Crippen LogP contribution in [0.1, 0.15) is 19.3 Å². The number of aromatic hydroxyl groups is 1. The molecule has 5 heteroatoms. The molecule has 92 valence electrons. The summed E-state index contributed by atoms with van der Waals surface area (Å²) in [6.07, 6.45) is 2.85. The second-order valence-corrected chi connectivity index (χ2v) is 5.10. The summed E-state index contributed by atoms with van der Waals surface area (Å²) in [6.45, 7) is 0.686. The minimum atomic E-state index is -0.0912. The van der Waals surface area contributed by atoms with Gasteiger partial charge < -0.3 is 15.7 Å². The van der Waals surface area contributed by atoms with E-state index in [2.05, 4.69) is 26.6 Å². The molecule has 0 aromatic heterocycles. The lowest BCUT2D eigenvalue weighted by Gasteiger charge is -2.08. The van der Waals surface area contributed by atoms with Crippen LogP contribution in [0.5, 0.6) is 5.75 Å². The summed E-state index contributed by atoms with van der Waals surface area (Å²) in [4.78, 5) is 11.6. The summed E-state index contributed by atoms with van der Waals surface area (Å²) in [5, 5.41) is 15.5. The van der Waals surface area contributed by atoms with Gasteiger partial charge in [-0.3, -0.25) is 4.79 Å². The summed E-state index contributed by atoms with van der Waals surface area (Å²) in [6, 6.07) is 5.56. The molecular weight excluding hydrogens is 284 g/mol. The maximum absolute atomic E-state index is 11.6. The van der Waals surface area contributed by atoms with Gasteiger partial charge in [0.25, 0.3) is 0 Å². The Bertz CT molecular complexity index is 419. The molecule has 1 aliphatic carbocycles. The highest BCUT2D eigenvalue weighted by Gasteiger charge is 2.20. The summed E-state index contributed by atoms with van der Waals surface area (Å²) in [5.74, 6) is -0.0109. The van der Waals surface area contributed by atoms with Crippen LogP contribution in [0.15, 0.2) is 22.7 Å². The molecule has 1 fully saturated rings. The third kappa shape index (κ3) is 4.02. The molecule has 0 aliphatic heterocycles. The second kappa shape index (κ2) is 5.51. The van der Waals surface area contributed by atoms with Crippen LogP contribution in [0.2, 0.25) is 0 Å². The molecule has 1 aromatic rings. The van der Waals surface area contributed by atoms with E-state index in [1.165, 1.54) is 12.8 Å². The molecule has 0 unspecified atom stereocenters. The van der Waals surface area contributed by atoms with Crippen molar-refractivity contribution < 1.29 is 9.90 Å². The summed E-state index contributed by atoms with van der Waals surface area (Å²) in [7, 11) is 0. The molecule has 1 aliphatic rings. The number of hydrogen-bond acceptors (Lipinski definition) is 3. The normalized spacial score (nSPS) is 14.6. The standard InChI is InChI=1S/C12H15BrN2O2/c13-8-1-4-11(16)10(7-8)15-12(17)5-6-14-9-2-3-9/h1,4,7,9,14,16H,2-3,5-6H2,(H,15,17). The van der Waals surface area contributed by atoms with Crippen molar-refractivity contribution in [2.24, 2.45) is 0 Å². The first-order chi connectivity index (χ1) is 8.15. The van der Waals surface area contributed by atoms with Crippen LogP contribution in [0.25, 0.3) is 0 Å². The van der Waals surface area contributed by atoms with E-state index in [4.69, 9.17) is 0 Å². The Morgan fingerprint density at radius 2 is 2.24 bits per heavy atom. The third-order valence-corrected chi connectivity index (χ3v) is 3.09. The SMILES string of the molecule is O=C(CCNC1CC1)Nc1cc(Br)ccc1O. The van der Waals surface area contributed by atoms with Crippen molar-refractivity contribution >= 4 is 27.5 Å². The number of phenolic OH excluding ortho intramolecular Hbond substituents is 1. The third-order valence-electron chi connectivity index (χ3n) is 2.60. The maximum Gasteiger partial charge on any atom is 0.225 e. The Balaban J connectivity index is 1.81. The molecule has 4 nitrogen and oxygen atoms in total. The van der Waals surface area contributed by atoms with Crippen LogP contribution in [-0.2, 0) is 4.79 Å². The van der Waals surface area contributed by atoms with Crippen LogP contribution < -0.4 is 10.6 Å². The van der Waals surface area contributed by atoms with E-state index < -0.39 is 0 Å².